The summed E-state index contributed by atoms with van der Waals surface area (Å²) in [5.41, 5.74) is 3.10. The number of nitrogens with zero attached hydrogens (tertiary/aromatic N) is 5. The average molecular weight is 389 g/mol. The molecule has 29 heavy (non-hydrogen) atoms. The van der Waals surface area contributed by atoms with Crippen molar-refractivity contribution in [2.75, 3.05) is 32.5 Å². The van der Waals surface area contributed by atoms with E-state index in [-0.39, 0.29) is 5.91 Å². The first-order chi connectivity index (χ1) is 14.1. The van der Waals surface area contributed by atoms with Crippen LogP contribution in [0.15, 0.2) is 55.2 Å². The molecule has 8 heteroatoms. The normalized spacial score (nSPS) is 11.3. The molecule has 0 unspecified atom stereocenters. The SMILES string of the molecule is CN(C)CCNC(=O)c1c2c(NCc3cccnc3)ncnc2n2ccccc12. The lowest BCUT2D eigenvalue weighted by atomic mass is 10.1. The van der Waals surface area contributed by atoms with Crippen molar-refractivity contribution in [2.45, 2.75) is 6.54 Å². The Morgan fingerprint density at radius 2 is 2.07 bits per heavy atom. The highest BCUT2D eigenvalue weighted by Gasteiger charge is 2.22. The summed E-state index contributed by atoms with van der Waals surface area (Å²) in [7, 11) is 3.95. The number of aromatic nitrogens is 4. The number of carbonyl (C=O) groups excluding carboxylic acids is 1. The molecular formula is C21H23N7O. The van der Waals surface area contributed by atoms with Crippen molar-refractivity contribution in [2.24, 2.45) is 0 Å². The van der Waals surface area contributed by atoms with Crippen LogP contribution in [0.1, 0.15) is 15.9 Å². The topological polar surface area (TPSA) is 87.5 Å². The third kappa shape index (κ3) is 3.88. The van der Waals surface area contributed by atoms with Crippen LogP contribution in [-0.2, 0) is 6.54 Å². The second-order valence-corrected chi connectivity index (χ2v) is 7.03. The smallest absolute Gasteiger partial charge is 0.254 e. The lowest BCUT2D eigenvalue weighted by Crippen LogP contribution is -2.31. The van der Waals surface area contributed by atoms with Crippen LogP contribution in [0.2, 0.25) is 0 Å². The number of hydrogen-bond acceptors (Lipinski definition) is 6. The van der Waals surface area contributed by atoms with Gasteiger partial charge in [0.15, 0.2) is 5.65 Å². The lowest BCUT2D eigenvalue weighted by Gasteiger charge is -2.11. The molecule has 0 aliphatic heterocycles. The highest BCUT2D eigenvalue weighted by atomic mass is 16.1. The molecule has 0 bridgehead atoms. The van der Waals surface area contributed by atoms with Gasteiger partial charge in [0.05, 0.1) is 16.5 Å². The Kier molecular flexibility index (Phi) is 5.35. The van der Waals surface area contributed by atoms with Gasteiger partial charge in [0.2, 0.25) is 0 Å². The third-order valence-electron chi connectivity index (χ3n) is 4.68. The predicted molar refractivity (Wildman–Crippen MR) is 113 cm³/mol. The van der Waals surface area contributed by atoms with E-state index >= 15 is 0 Å². The van der Waals surface area contributed by atoms with Gasteiger partial charge in [0.25, 0.3) is 5.91 Å². The number of anilines is 1. The first-order valence-electron chi connectivity index (χ1n) is 9.44. The van der Waals surface area contributed by atoms with E-state index in [9.17, 15) is 4.79 Å². The Hall–Kier alpha value is -3.52. The quantitative estimate of drug-likeness (QED) is 0.504. The van der Waals surface area contributed by atoms with Crippen molar-refractivity contribution in [3.05, 3.63) is 66.4 Å². The Bertz CT molecular complexity index is 1140. The fourth-order valence-electron chi connectivity index (χ4n) is 3.28. The molecule has 1 amide bonds. The van der Waals surface area contributed by atoms with E-state index < -0.39 is 0 Å². The Morgan fingerprint density at radius 3 is 2.86 bits per heavy atom. The van der Waals surface area contributed by atoms with E-state index in [1.807, 2.05) is 59.9 Å². The molecule has 0 radical (unpaired) electrons. The number of hydrogen-bond donors (Lipinski definition) is 2. The molecule has 0 atom stereocenters. The summed E-state index contributed by atoms with van der Waals surface area (Å²) in [4.78, 5) is 28.1. The van der Waals surface area contributed by atoms with Crippen molar-refractivity contribution in [3.63, 3.8) is 0 Å². The van der Waals surface area contributed by atoms with Gasteiger partial charge in [0, 0.05) is 38.2 Å². The van der Waals surface area contributed by atoms with Crippen LogP contribution in [0.3, 0.4) is 0 Å². The maximum Gasteiger partial charge on any atom is 0.254 e. The van der Waals surface area contributed by atoms with Crippen LogP contribution in [0.4, 0.5) is 5.82 Å². The minimum Gasteiger partial charge on any atom is -0.365 e. The van der Waals surface area contributed by atoms with Gasteiger partial charge in [-0.25, -0.2) is 9.97 Å². The molecule has 0 fully saturated rings. The van der Waals surface area contributed by atoms with Crippen LogP contribution >= 0.6 is 0 Å². The van der Waals surface area contributed by atoms with E-state index in [0.29, 0.717) is 35.5 Å². The molecule has 0 spiro atoms. The summed E-state index contributed by atoms with van der Waals surface area (Å²) in [5, 5.41) is 7.07. The molecule has 4 aromatic rings. The van der Waals surface area contributed by atoms with Gasteiger partial charge in [-0.1, -0.05) is 12.1 Å². The van der Waals surface area contributed by atoms with E-state index in [1.165, 1.54) is 6.33 Å². The minimum atomic E-state index is -0.134. The minimum absolute atomic E-state index is 0.134. The van der Waals surface area contributed by atoms with Crippen molar-refractivity contribution in [1.82, 2.24) is 29.6 Å². The first-order valence-corrected chi connectivity index (χ1v) is 9.44. The van der Waals surface area contributed by atoms with E-state index in [1.54, 1.807) is 12.4 Å². The van der Waals surface area contributed by atoms with Gasteiger partial charge in [-0.2, -0.15) is 0 Å². The summed E-state index contributed by atoms with van der Waals surface area (Å²) in [6.45, 7) is 1.87. The van der Waals surface area contributed by atoms with Crippen LogP contribution in [0.25, 0.3) is 16.6 Å². The molecule has 0 saturated carbocycles. The van der Waals surface area contributed by atoms with Gasteiger partial charge in [-0.05, 0) is 37.9 Å². The zero-order chi connectivity index (χ0) is 20.2. The molecule has 2 N–H and O–H groups in total. The van der Waals surface area contributed by atoms with Crippen LogP contribution in [0, 0.1) is 0 Å². The van der Waals surface area contributed by atoms with E-state index in [0.717, 1.165) is 17.6 Å². The average Bonchev–Trinajstić information content (AvgIpc) is 3.08. The molecular weight excluding hydrogens is 366 g/mol. The number of fused-ring (bicyclic) bond motifs is 3. The van der Waals surface area contributed by atoms with Crippen LogP contribution in [0.5, 0.6) is 0 Å². The first kappa shape index (κ1) is 18.8. The number of carbonyl (C=O) groups is 1. The zero-order valence-corrected chi connectivity index (χ0v) is 16.5. The Morgan fingerprint density at radius 1 is 1.17 bits per heavy atom. The Balaban J connectivity index is 1.76. The molecule has 4 rings (SSSR count). The van der Waals surface area contributed by atoms with Crippen molar-refractivity contribution in [3.8, 4) is 0 Å². The number of rotatable bonds is 7. The maximum atomic E-state index is 13.1. The second-order valence-electron chi connectivity index (χ2n) is 7.03. The standard InChI is InChI=1S/C21H23N7O/c1-27(2)11-9-23-21(29)17-16-7-3-4-10-28(16)20-18(17)19(25-14-26-20)24-13-15-6-5-8-22-12-15/h3-8,10,12,14H,9,11,13H2,1-2H3,(H,23,29)(H,24,25,26). The molecule has 148 valence electrons. The number of nitrogens with one attached hydrogen (secondary N) is 2. The van der Waals surface area contributed by atoms with E-state index in [4.69, 9.17) is 0 Å². The number of likely N-dealkylation sites (N-methyl/N-ethyl adjacent to an activating group) is 1. The summed E-state index contributed by atoms with van der Waals surface area (Å²) in [6, 6.07) is 9.64. The number of amides is 1. The summed E-state index contributed by atoms with van der Waals surface area (Å²) >= 11 is 0. The fraction of sp³-hybridized carbons (Fsp3) is 0.238. The van der Waals surface area contributed by atoms with Gasteiger partial charge < -0.3 is 19.9 Å². The van der Waals surface area contributed by atoms with Gasteiger partial charge in [0.1, 0.15) is 12.1 Å². The second kappa shape index (κ2) is 8.24. The largest absolute Gasteiger partial charge is 0.365 e. The fourth-order valence-corrected chi connectivity index (χ4v) is 3.28. The molecule has 4 heterocycles. The Labute approximate surface area is 168 Å². The number of pyridine rings is 2. The van der Waals surface area contributed by atoms with Crippen LogP contribution in [-0.4, -0.2) is 57.3 Å². The molecule has 0 saturated heterocycles. The summed E-state index contributed by atoms with van der Waals surface area (Å²) < 4.78 is 1.92. The summed E-state index contributed by atoms with van der Waals surface area (Å²) in [6.07, 6.45) is 6.97. The van der Waals surface area contributed by atoms with Gasteiger partial charge in [-0.3, -0.25) is 9.78 Å². The monoisotopic (exact) mass is 389 g/mol. The van der Waals surface area contributed by atoms with Crippen LogP contribution < -0.4 is 10.6 Å². The zero-order valence-electron chi connectivity index (χ0n) is 16.5. The molecule has 8 nitrogen and oxygen atoms in total. The molecule has 4 aromatic heterocycles. The van der Waals surface area contributed by atoms with E-state index in [2.05, 4.69) is 25.6 Å². The highest BCUT2D eigenvalue weighted by molar-refractivity contribution is 6.16. The predicted octanol–water partition coefficient (Wildman–Crippen LogP) is 2.18. The highest BCUT2D eigenvalue weighted by Crippen LogP contribution is 2.30. The molecule has 0 aliphatic carbocycles. The van der Waals surface area contributed by atoms with Crippen molar-refractivity contribution >= 4 is 28.3 Å². The lowest BCUT2D eigenvalue weighted by molar-refractivity contribution is 0.0954. The van der Waals surface area contributed by atoms with Crippen molar-refractivity contribution < 1.29 is 4.79 Å². The molecule has 0 aromatic carbocycles. The van der Waals surface area contributed by atoms with Gasteiger partial charge >= 0.3 is 0 Å². The van der Waals surface area contributed by atoms with Crippen molar-refractivity contribution in [1.29, 1.82) is 0 Å². The molecule has 0 aliphatic rings. The maximum absolute atomic E-state index is 13.1. The summed E-state index contributed by atoms with van der Waals surface area (Å²) in [5.74, 6) is 0.491. The van der Waals surface area contributed by atoms with Gasteiger partial charge in [-0.15, -0.1) is 0 Å². The third-order valence-corrected chi connectivity index (χ3v) is 4.68.